The number of rotatable bonds is 7. The Labute approximate surface area is 134 Å². The molecule has 1 heterocycles. The number of sulfonamides is 1. The van der Waals surface area contributed by atoms with Gasteiger partial charge in [0.25, 0.3) is 0 Å². The molecule has 7 heteroatoms. The molecule has 1 aliphatic rings. The molecule has 118 valence electrons. The predicted octanol–water partition coefficient (Wildman–Crippen LogP) is 2.27. The van der Waals surface area contributed by atoms with Crippen LogP contribution in [0.15, 0.2) is 27.6 Å². The summed E-state index contributed by atoms with van der Waals surface area (Å²) in [6.45, 7) is 3.71. The topological polar surface area (TPSA) is 67.4 Å². The standard InChI is InChI=1S/C14H21BrN2O3S/c1-2-20-13-6-5-11(15)10-14(13)21(18,19)17-9-7-12-4-3-8-16-12/h5-6,10,12,16-17H,2-4,7-9H2,1H3/t12-/m1/s1. The van der Waals surface area contributed by atoms with E-state index in [9.17, 15) is 8.42 Å². The summed E-state index contributed by atoms with van der Waals surface area (Å²) in [6, 6.07) is 5.43. The number of halogens is 1. The van der Waals surface area contributed by atoms with Crippen molar-refractivity contribution in [3.05, 3.63) is 22.7 Å². The fraction of sp³-hybridized carbons (Fsp3) is 0.571. The van der Waals surface area contributed by atoms with Gasteiger partial charge in [-0.25, -0.2) is 13.1 Å². The lowest BCUT2D eigenvalue weighted by molar-refractivity contribution is 0.331. The third-order valence-electron chi connectivity index (χ3n) is 3.44. The highest BCUT2D eigenvalue weighted by Gasteiger charge is 2.21. The molecule has 0 amide bonds. The number of nitrogens with one attached hydrogen (secondary N) is 2. The highest BCUT2D eigenvalue weighted by Crippen LogP contribution is 2.27. The first kappa shape index (κ1) is 16.7. The van der Waals surface area contributed by atoms with E-state index in [0.29, 0.717) is 29.4 Å². The van der Waals surface area contributed by atoms with E-state index in [1.807, 2.05) is 6.92 Å². The van der Waals surface area contributed by atoms with Crippen LogP contribution in [0, 0.1) is 0 Å². The second kappa shape index (κ2) is 7.58. The molecule has 1 aromatic carbocycles. The summed E-state index contributed by atoms with van der Waals surface area (Å²) < 4.78 is 33.6. The van der Waals surface area contributed by atoms with Crippen molar-refractivity contribution < 1.29 is 13.2 Å². The molecule has 5 nitrogen and oxygen atoms in total. The van der Waals surface area contributed by atoms with E-state index in [1.54, 1.807) is 18.2 Å². The van der Waals surface area contributed by atoms with Crippen LogP contribution >= 0.6 is 15.9 Å². The minimum Gasteiger partial charge on any atom is -0.492 e. The zero-order valence-electron chi connectivity index (χ0n) is 12.1. The molecular formula is C14H21BrN2O3S. The van der Waals surface area contributed by atoms with Gasteiger partial charge < -0.3 is 10.1 Å². The Morgan fingerprint density at radius 3 is 2.95 bits per heavy atom. The Hall–Kier alpha value is -0.630. The zero-order valence-corrected chi connectivity index (χ0v) is 14.5. The van der Waals surface area contributed by atoms with Gasteiger partial charge in [0.1, 0.15) is 10.6 Å². The lowest BCUT2D eigenvalue weighted by Gasteiger charge is -2.14. The van der Waals surface area contributed by atoms with Crippen LogP contribution in [0.2, 0.25) is 0 Å². The number of hydrogen-bond donors (Lipinski definition) is 2. The molecule has 0 radical (unpaired) electrons. The molecule has 1 fully saturated rings. The summed E-state index contributed by atoms with van der Waals surface area (Å²) in [4.78, 5) is 0.179. The summed E-state index contributed by atoms with van der Waals surface area (Å²) in [5.74, 6) is 0.382. The third kappa shape index (κ3) is 4.67. The summed E-state index contributed by atoms with van der Waals surface area (Å²) in [6.07, 6.45) is 3.08. The molecular weight excluding hydrogens is 356 g/mol. The fourth-order valence-electron chi connectivity index (χ4n) is 2.42. The Bertz CT molecular complexity index is 572. The molecule has 1 atom stereocenters. The van der Waals surface area contributed by atoms with Crippen LogP contribution < -0.4 is 14.8 Å². The van der Waals surface area contributed by atoms with E-state index in [2.05, 4.69) is 26.0 Å². The van der Waals surface area contributed by atoms with Crippen molar-refractivity contribution in [2.75, 3.05) is 19.7 Å². The SMILES string of the molecule is CCOc1ccc(Br)cc1S(=O)(=O)NCC[C@H]1CCCN1. The van der Waals surface area contributed by atoms with Crippen LogP contribution in [0.4, 0.5) is 0 Å². The maximum Gasteiger partial charge on any atom is 0.244 e. The monoisotopic (exact) mass is 376 g/mol. The van der Waals surface area contributed by atoms with Crippen molar-refractivity contribution in [2.24, 2.45) is 0 Å². The first-order valence-corrected chi connectivity index (χ1v) is 9.46. The average molecular weight is 377 g/mol. The van der Waals surface area contributed by atoms with Gasteiger partial charge in [0, 0.05) is 17.1 Å². The summed E-state index contributed by atoms with van der Waals surface area (Å²) in [7, 11) is -3.56. The molecule has 1 aliphatic heterocycles. The van der Waals surface area contributed by atoms with Gasteiger partial charge in [0.15, 0.2) is 0 Å². The molecule has 0 aromatic heterocycles. The van der Waals surface area contributed by atoms with Crippen LogP contribution in [-0.4, -0.2) is 34.2 Å². The van der Waals surface area contributed by atoms with E-state index in [-0.39, 0.29) is 4.90 Å². The molecule has 0 bridgehead atoms. The maximum absolute atomic E-state index is 12.4. The summed E-state index contributed by atoms with van der Waals surface area (Å²) in [5, 5.41) is 3.36. The molecule has 0 unspecified atom stereocenters. The number of benzene rings is 1. The van der Waals surface area contributed by atoms with Gasteiger partial charge in [0.05, 0.1) is 6.61 Å². The van der Waals surface area contributed by atoms with E-state index < -0.39 is 10.0 Å². The summed E-state index contributed by atoms with van der Waals surface area (Å²) in [5.41, 5.74) is 0. The summed E-state index contributed by atoms with van der Waals surface area (Å²) >= 11 is 3.30. The van der Waals surface area contributed by atoms with Gasteiger partial charge in [-0.2, -0.15) is 0 Å². The second-order valence-electron chi connectivity index (χ2n) is 5.00. The lowest BCUT2D eigenvalue weighted by atomic mass is 10.2. The van der Waals surface area contributed by atoms with Crippen molar-refractivity contribution in [1.29, 1.82) is 0 Å². The largest absolute Gasteiger partial charge is 0.492 e. The normalized spacial score (nSPS) is 18.9. The fourth-order valence-corrected chi connectivity index (χ4v) is 4.14. The van der Waals surface area contributed by atoms with Crippen molar-refractivity contribution in [3.63, 3.8) is 0 Å². The van der Waals surface area contributed by atoms with Crippen molar-refractivity contribution in [1.82, 2.24) is 10.0 Å². The number of hydrogen-bond acceptors (Lipinski definition) is 4. The quantitative estimate of drug-likeness (QED) is 0.765. The van der Waals surface area contributed by atoms with Crippen LogP contribution in [0.1, 0.15) is 26.2 Å². The van der Waals surface area contributed by atoms with Crippen LogP contribution in [0.3, 0.4) is 0 Å². The molecule has 2 N–H and O–H groups in total. The van der Waals surface area contributed by atoms with Crippen LogP contribution in [-0.2, 0) is 10.0 Å². The van der Waals surface area contributed by atoms with Gasteiger partial charge >= 0.3 is 0 Å². The van der Waals surface area contributed by atoms with Gasteiger partial charge in [0.2, 0.25) is 10.0 Å². The number of ether oxygens (including phenoxy) is 1. The Morgan fingerprint density at radius 2 is 2.29 bits per heavy atom. The van der Waals surface area contributed by atoms with Crippen molar-refractivity contribution in [2.45, 2.75) is 37.1 Å². The predicted molar refractivity (Wildman–Crippen MR) is 86.1 cm³/mol. The molecule has 0 aliphatic carbocycles. The lowest BCUT2D eigenvalue weighted by Crippen LogP contribution is -2.30. The Morgan fingerprint density at radius 1 is 1.48 bits per heavy atom. The van der Waals surface area contributed by atoms with E-state index in [4.69, 9.17) is 4.74 Å². The van der Waals surface area contributed by atoms with Gasteiger partial charge in [-0.3, -0.25) is 0 Å². The van der Waals surface area contributed by atoms with Crippen LogP contribution in [0.25, 0.3) is 0 Å². The highest BCUT2D eigenvalue weighted by atomic mass is 79.9. The van der Waals surface area contributed by atoms with Crippen LogP contribution in [0.5, 0.6) is 5.75 Å². The van der Waals surface area contributed by atoms with Crippen molar-refractivity contribution >= 4 is 26.0 Å². The molecule has 0 saturated carbocycles. The molecule has 2 rings (SSSR count). The van der Waals surface area contributed by atoms with E-state index in [1.165, 1.54) is 0 Å². The minimum atomic E-state index is -3.56. The van der Waals surface area contributed by atoms with Crippen molar-refractivity contribution in [3.8, 4) is 5.75 Å². The minimum absolute atomic E-state index is 0.179. The Balaban J connectivity index is 2.05. The molecule has 1 saturated heterocycles. The zero-order chi connectivity index (χ0) is 15.3. The molecule has 21 heavy (non-hydrogen) atoms. The Kier molecular flexibility index (Phi) is 6.04. The first-order valence-electron chi connectivity index (χ1n) is 7.18. The molecule has 1 aromatic rings. The average Bonchev–Trinajstić information content (AvgIpc) is 2.94. The maximum atomic E-state index is 12.4. The van der Waals surface area contributed by atoms with Gasteiger partial charge in [-0.1, -0.05) is 15.9 Å². The third-order valence-corrected chi connectivity index (χ3v) is 5.42. The highest BCUT2D eigenvalue weighted by molar-refractivity contribution is 9.10. The van der Waals surface area contributed by atoms with E-state index in [0.717, 1.165) is 25.8 Å². The first-order chi connectivity index (χ1) is 10.0. The van der Waals surface area contributed by atoms with Gasteiger partial charge in [-0.15, -0.1) is 0 Å². The second-order valence-corrected chi connectivity index (χ2v) is 7.65. The smallest absolute Gasteiger partial charge is 0.244 e. The van der Waals surface area contributed by atoms with E-state index >= 15 is 0 Å². The van der Waals surface area contributed by atoms with Gasteiger partial charge in [-0.05, 0) is 50.9 Å². The molecule has 0 spiro atoms.